The maximum Gasteiger partial charge on any atom is 0.322 e. The summed E-state index contributed by atoms with van der Waals surface area (Å²) < 4.78 is 5.54. The molecule has 3 N–H and O–H groups in total. The molecule has 2 rings (SSSR count). The van der Waals surface area contributed by atoms with E-state index in [9.17, 15) is 14.4 Å². The highest BCUT2D eigenvalue weighted by atomic mass is 16.5. The molecule has 7 heteroatoms. The van der Waals surface area contributed by atoms with Crippen LogP contribution in [0.1, 0.15) is 30.9 Å². The first kappa shape index (κ1) is 21.0. The van der Waals surface area contributed by atoms with E-state index in [1.54, 1.807) is 24.3 Å². The minimum atomic E-state index is -1.09. The molecule has 0 saturated heterocycles. The van der Waals surface area contributed by atoms with Crippen LogP contribution in [-0.2, 0) is 20.8 Å². The zero-order chi connectivity index (χ0) is 20.5. The Bertz CT molecular complexity index is 831. The predicted octanol–water partition coefficient (Wildman–Crippen LogP) is 2.57. The van der Waals surface area contributed by atoms with Gasteiger partial charge < -0.3 is 20.5 Å². The second-order valence-corrected chi connectivity index (χ2v) is 6.61. The number of nitrogens with one attached hydrogen (secondary N) is 2. The Hall–Kier alpha value is -3.35. The van der Waals surface area contributed by atoms with Crippen LogP contribution in [0.25, 0.3) is 0 Å². The van der Waals surface area contributed by atoms with E-state index in [0.717, 1.165) is 5.56 Å². The SMILES string of the molecule is CC(C)c1cccc(OCC(=O)Nc2ccc(CC(=O)NCC(=O)O)cc2)c1. The maximum atomic E-state index is 12.1. The molecule has 148 valence electrons. The van der Waals surface area contributed by atoms with Crippen LogP contribution in [0.3, 0.4) is 0 Å². The summed E-state index contributed by atoms with van der Waals surface area (Å²) in [5.74, 6) is -0.742. The highest BCUT2D eigenvalue weighted by Gasteiger charge is 2.08. The second kappa shape index (κ2) is 10.1. The van der Waals surface area contributed by atoms with Gasteiger partial charge in [0.15, 0.2) is 6.61 Å². The normalized spacial score (nSPS) is 10.4. The van der Waals surface area contributed by atoms with Crippen LogP contribution in [0.15, 0.2) is 48.5 Å². The fourth-order valence-corrected chi connectivity index (χ4v) is 2.44. The molecule has 28 heavy (non-hydrogen) atoms. The quantitative estimate of drug-likeness (QED) is 0.616. The third-order valence-electron chi connectivity index (χ3n) is 3.93. The molecule has 2 amide bonds. The fraction of sp³-hybridized carbons (Fsp3) is 0.286. The highest BCUT2D eigenvalue weighted by Crippen LogP contribution is 2.20. The zero-order valence-corrected chi connectivity index (χ0v) is 15.9. The Labute approximate surface area is 163 Å². The highest BCUT2D eigenvalue weighted by molar-refractivity contribution is 5.92. The average Bonchev–Trinajstić information content (AvgIpc) is 2.66. The number of carbonyl (C=O) groups is 3. The molecule has 0 radical (unpaired) electrons. The number of anilines is 1. The van der Waals surface area contributed by atoms with Crippen molar-refractivity contribution in [2.45, 2.75) is 26.2 Å². The van der Waals surface area contributed by atoms with Gasteiger partial charge in [-0.25, -0.2) is 0 Å². The van der Waals surface area contributed by atoms with Gasteiger partial charge in [0.2, 0.25) is 5.91 Å². The topological polar surface area (TPSA) is 105 Å². The summed E-state index contributed by atoms with van der Waals surface area (Å²) in [6.45, 7) is 3.66. The molecule has 0 heterocycles. The van der Waals surface area contributed by atoms with Gasteiger partial charge in [0.25, 0.3) is 5.91 Å². The van der Waals surface area contributed by atoms with Crippen molar-refractivity contribution in [3.05, 3.63) is 59.7 Å². The Morgan fingerprint density at radius 3 is 2.39 bits per heavy atom. The minimum absolute atomic E-state index is 0.0663. The number of benzene rings is 2. The van der Waals surface area contributed by atoms with Gasteiger partial charge in [0, 0.05) is 5.69 Å². The van der Waals surface area contributed by atoms with Crippen molar-refractivity contribution in [3.8, 4) is 5.75 Å². The van der Waals surface area contributed by atoms with E-state index in [1.807, 2.05) is 24.3 Å². The summed E-state index contributed by atoms with van der Waals surface area (Å²) in [5.41, 5.74) is 2.43. The largest absolute Gasteiger partial charge is 0.484 e. The van der Waals surface area contributed by atoms with E-state index >= 15 is 0 Å². The van der Waals surface area contributed by atoms with Crippen LogP contribution in [0.2, 0.25) is 0 Å². The Morgan fingerprint density at radius 1 is 1.04 bits per heavy atom. The van der Waals surface area contributed by atoms with Gasteiger partial charge in [-0.15, -0.1) is 0 Å². The van der Waals surface area contributed by atoms with Crippen molar-refractivity contribution in [1.82, 2.24) is 5.32 Å². The standard InChI is InChI=1S/C21H24N2O5/c1-14(2)16-4-3-5-18(11-16)28-13-20(25)23-17-8-6-15(7-9-17)10-19(24)22-12-21(26)27/h3-9,11,14H,10,12-13H2,1-2H3,(H,22,24)(H,23,25)(H,26,27). The van der Waals surface area contributed by atoms with Crippen LogP contribution < -0.4 is 15.4 Å². The molecule has 0 spiro atoms. The molecule has 0 aromatic heterocycles. The molecule has 2 aromatic carbocycles. The molecule has 0 atom stereocenters. The lowest BCUT2D eigenvalue weighted by Gasteiger charge is -2.10. The van der Waals surface area contributed by atoms with Crippen LogP contribution in [-0.4, -0.2) is 36.0 Å². The van der Waals surface area contributed by atoms with E-state index < -0.39 is 12.5 Å². The van der Waals surface area contributed by atoms with Crippen molar-refractivity contribution in [2.24, 2.45) is 0 Å². The van der Waals surface area contributed by atoms with Gasteiger partial charge in [-0.3, -0.25) is 14.4 Å². The molecule has 0 unspecified atom stereocenters. The first-order chi connectivity index (χ1) is 13.3. The lowest BCUT2D eigenvalue weighted by atomic mass is 10.0. The number of ether oxygens (including phenoxy) is 1. The van der Waals surface area contributed by atoms with Gasteiger partial charge in [0.05, 0.1) is 6.42 Å². The number of carbonyl (C=O) groups excluding carboxylic acids is 2. The zero-order valence-electron chi connectivity index (χ0n) is 15.9. The van der Waals surface area contributed by atoms with Crippen molar-refractivity contribution in [3.63, 3.8) is 0 Å². The second-order valence-electron chi connectivity index (χ2n) is 6.61. The Balaban J connectivity index is 1.81. The molecule has 2 aromatic rings. The number of carboxylic acids is 1. The van der Waals surface area contributed by atoms with Crippen LogP contribution in [0, 0.1) is 0 Å². The number of hydrogen-bond acceptors (Lipinski definition) is 4. The summed E-state index contributed by atoms with van der Waals surface area (Å²) in [6, 6.07) is 14.4. The fourth-order valence-electron chi connectivity index (χ4n) is 2.44. The minimum Gasteiger partial charge on any atom is -0.484 e. The van der Waals surface area contributed by atoms with Crippen molar-refractivity contribution in [2.75, 3.05) is 18.5 Å². The molecule has 0 aliphatic heterocycles. The lowest BCUT2D eigenvalue weighted by molar-refractivity contribution is -0.137. The number of hydrogen-bond donors (Lipinski definition) is 3. The van der Waals surface area contributed by atoms with Gasteiger partial charge in [-0.05, 0) is 41.3 Å². The molecule has 0 bridgehead atoms. The van der Waals surface area contributed by atoms with E-state index in [0.29, 0.717) is 22.9 Å². The van der Waals surface area contributed by atoms with Gasteiger partial charge in [0.1, 0.15) is 12.3 Å². The number of aliphatic carboxylic acids is 1. The van der Waals surface area contributed by atoms with Gasteiger partial charge >= 0.3 is 5.97 Å². The van der Waals surface area contributed by atoms with Crippen LogP contribution in [0.4, 0.5) is 5.69 Å². The van der Waals surface area contributed by atoms with E-state index in [2.05, 4.69) is 24.5 Å². The molecular weight excluding hydrogens is 360 g/mol. The van der Waals surface area contributed by atoms with Crippen molar-refractivity contribution >= 4 is 23.5 Å². The first-order valence-corrected chi connectivity index (χ1v) is 8.93. The summed E-state index contributed by atoms with van der Waals surface area (Å²) in [7, 11) is 0. The smallest absolute Gasteiger partial charge is 0.322 e. The van der Waals surface area contributed by atoms with E-state index in [-0.39, 0.29) is 24.8 Å². The summed E-state index contributed by atoms with van der Waals surface area (Å²) in [6.07, 6.45) is 0.0663. The molecule has 0 aliphatic carbocycles. The van der Waals surface area contributed by atoms with Crippen LogP contribution >= 0.6 is 0 Å². The molecule has 0 saturated carbocycles. The summed E-state index contributed by atoms with van der Waals surface area (Å²) in [5, 5.41) is 13.6. The lowest BCUT2D eigenvalue weighted by Crippen LogP contribution is -2.30. The van der Waals surface area contributed by atoms with Gasteiger partial charge in [-0.2, -0.15) is 0 Å². The average molecular weight is 384 g/mol. The number of amides is 2. The third-order valence-corrected chi connectivity index (χ3v) is 3.93. The Kier molecular flexibility index (Phi) is 7.56. The van der Waals surface area contributed by atoms with Gasteiger partial charge in [-0.1, -0.05) is 38.1 Å². The van der Waals surface area contributed by atoms with Crippen molar-refractivity contribution < 1.29 is 24.2 Å². The van der Waals surface area contributed by atoms with Crippen LogP contribution in [0.5, 0.6) is 5.75 Å². The summed E-state index contributed by atoms with van der Waals surface area (Å²) >= 11 is 0. The molecule has 0 fully saturated rings. The summed E-state index contributed by atoms with van der Waals surface area (Å²) in [4.78, 5) is 34.1. The molecule has 7 nitrogen and oxygen atoms in total. The number of carboxylic acid groups (broad SMARTS) is 1. The van der Waals surface area contributed by atoms with E-state index in [1.165, 1.54) is 0 Å². The molecule has 0 aliphatic rings. The molecular formula is C21H24N2O5. The van der Waals surface area contributed by atoms with Crippen molar-refractivity contribution in [1.29, 1.82) is 0 Å². The first-order valence-electron chi connectivity index (χ1n) is 8.93. The van der Waals surface area contributed by atoms with E-state index in [4.69, 9.17) is 9.84 Å². The predicted molar refractivity (Wildman–Crippen MR) is 105 cm³/mol. The maximum absolute atomic E-state index is 12.1. The third kappa shape index (κ3) is 7.11. The Morgan fingerprint density at radius 2 is 1.75 bits per heavy atom. The number of rotatable bonds is 9. The monoisotopic (exact) mass is 384 g/mol.